The van der Waals surface area contributed by atoms with Gasteiger partial charge in [-0.05, 0) is 17.7 Å². The van der Waals surface area contributed by atoms with Crippen LogP contribution in [0, 0.1) is 0 Å². The Balaban J connectivity index is 1.39. The van der Waals surface area contributed by atoms with E-state index in [9.17, 15) is 0 Å². The smallest absolute Gasteiger partial charge is 0.303 e. The molecule has 2 aromatic rings. The van der Waals surface area contributed by atoms with Crippen molar-refractivity contribution in [2.24, 2.45) is 0 Å². The van der Waals surface area contributed by atoms with E-state index in [1.165, 1.54) is 0 Å². The molecule has 4 nitrogen and oxygen atoms in total. The Bertz CT molecular complexity index is 641. The fourth-order valence-electron chi connectivity index (χ4n) is 2.37. The summed E-state index contributed by atoms with van der Waals surface area (Å²) in [7, 11) is 0. The molecule has 21 heavy (non-hydrogen) atoms. The van der Waals surface area contributed by atoms with Crippen LogP contribution in [-0.4, -0.2) is 12.6 Å². The van der Waals surface area contributed by atoms with Crippen molar-refractivity contribution < 1.29 is 18.9 Å². The minimum atomic E-state index is -0.567. The maximum absolute atomic E-state index is 5.77. The van der Waals surface area contributed by atoms with Crippen LogP contribution in [0.1, 0.15) is 5.56 Å². The summed E-state index contributed by atoms with van der Waals surface area (Å²) in [6.07, 6.45) is 1.35. The molecule has 1 unspecified atom stereocenters. The molecule has 0 fully saturated rings. The van der Waals surface area contributed by atoms with Crippen molar-refractivity contribution in [3.63, 3.8) is 0 Å². The molecule has 0 N–H and O–H groups in total. The standard InChI is InChI=1S/C17H14O4/c1-2-6-12(7-3-1)10-16-18-11-15(19-16)17-20-13-8-4-5-9-14(13)21-17/h1-9,11,16-17H,10H2. The lowest BCUT2D eigenvalue weighted by Crippen LogP contribution is -2.23. The molecule has 0 saturated carbocycles. The highest BCUT2D eigenvalue weighted by Crippen LogP contribution is 2.37. The van der Waals surface area contributed by atoms with E-state index in [0.717, 1.165) is 17.1 Å². The van der Waals surface area contributed by atoms with Gasteiger partial charge in [-0.2, -0.15) is 0 Å². The Kier molecular flexibility index (Phi) is 2.92. The number of ether oxygens (including phenoxy) is 4. The first-order chi connectivity index (χ1) is 10.4. The second-order valence-electron chi connectivity index (χ2n) is 4.91. The highest BCUT2D eigenvalue weighted by atomic mass is 16.8. The first-order valence-corrected chi connectivity index (χ1v) is 6.87. The summed E-state index contributed by atoms with van der Waals surface area (Å²) in [5, 5.41) is 0. The van der Waals surface area contributed by atoms with Gasteiger partial charge in [0.2, 0.25) is 12.0 Å². The molecule has 0 aliphatic carbocycles. The molecular weight excluding hydrogens is 268 g/mol. The van der Waals surface area contributed by atoms with Crippen LogP contribution in [0.15, 0.2) is 66.6 Å². The summed E-state index contributed by atoms with van der Waals surface area (Å²) in [6.45, 7) is 0. The molecular formula is C17H14O4. The average molecular weight is 282 g/mol. The van der Waals surface area contributed by atoms with E-state index in [0.29, 0.717) is 12.2 Å². The van der Waals surface area contributed by atoms with E-state index in [2.05, 4.69) is 0 Å². The minimum absolute atomic E-state index is 0.335. The van der Waals surface area contributed by atoms with Gasteiger partial charge in [0, 0.05) is 6.42 Å². The molecule has 0 spiro atoms. The largest absolute Gasteiger partial charge is 0.458 e. The number of hydrogen-bond donors (Lipinski definition) is 0. The van der Waals surface area contributed by atoms with E-state index in [-0.39, 0.29) is 6.29 Å². The van der Waals surface area contributed by atoms with Gasteiger partial charge in [-0.15, -0.1) is 0 Å². The van der Waals surface area contributed by atoms with Crippen LogP contribution >= 0.6 is 0 Å². The summed E-state index contributed by atoms with van der Waals surface area (Å²) < 4.78 is 22.7. The summed E-state index contributed by atoms with van der Waals surface area (Å²) in [6, 6.07) is 17.6. The molecule has 4 heteroatoms. The van der Waals surface area contributed by atoms with Crippen LogP contribution in [-0.2, 0) is 15.9 Å². The van der Waals surface area contributed by atoms with Crippen molar-refractivity contribution in [3.05, 3.63) is 72.2 Å². The first kappa shape index (κ1) is 12.1. The molecule has 2 aliphatic rings. The monoisotopic (exact) mass is 282 g/mol. The van der Waals surface area contributed by atoms with E-state index in [4.69, 9.17) is 18.9 Å². The maximum Gasteiger partial charge on any atom is 0.303 e. The Morgan fingerprint density at radius 3 is 2.14 bits per heavy atom. The Labute approximate surface area is 122 Å². The Hall–Kier alpha value is -2.62. The van der Waals surface area contributed by atoms with E-state index in [1.54, 1.807) is 6.26 Å². The number of benzene rings is 2. The van der Waals surface area contributed by atoms with Gasteiger partial charge in [0.25, 0.3) is 0 Å². The third-order valence-electron chi connectivity index (χ3n) is 3.40. The number of fused-ring (bicyclic) bond motifs is 1. The predicted molar refractivity (Wildman–Crippen MR) is 75.7 cm³/mol. The van der Waals surface area contributed by atoms with E-state index >= 15 is 0 Å². The van der Waals surface area contributed by atoms with E-state index < -0.39 is 6.29 Å². The zero-order chi connectivity index (χ0) is 14.1. The van der Waals surface area contributed by atoms with Crippen molar-refractivity contribution in [1.29, 1.82) is 0 Å². The molecule has 106 valence electrons. The molecule has 0 saturated heterocycles. The number of rotatable bonds is 3. The molecule has 0 aromatic heterocycles. The molecule has 1 atom stereocenters. The molecule has 2 aromatic carbocycles. The van der Waals surface area contributed by atoms with Gasteiger partial charge in [-0.25, -0.2) is 0 Å². The molecule has 0 bridgehead atoms. The van der Waals surface area contributed by atoms with Crippen molar-refractivity contribution >= 4 is 0 Å². The average Bonchev–Trinajstić information content (AvgIpc) is 3.14. The van der Waals surface area contributed by atoms with Crippen LogP contribution in [0.5, 0.6) is 11.5 Å². The summed E-state index contributed by atoms with van der Waals surface area (Å²) in [5.41, 5.74) is 1.16. The molecule has 4 rings (SSSR count). The lowest BCUT2D eigenvalue weighted by molar-refractivity contribution is -0.0597. The van der Waals surface area contributed by atoms with E-state index in [1.807, 2.05) is 54.6 Å². The van der Waals surface area contributed by atoms with Crippen LogP contribution in [0.25, 0.3) is 0 Å². The Morgan fingerprint density at radius 2 is 1.43 bits per heavy atom. The second kappa shape index (κ2) is 5.05. The lowest BCUT2D eigenvalue weighted by atomic mass is 10.1. The van der Waals surface area contributed by atoms with Crippen LogP contribution in [0.2, 0.25) is 0 Å². The van der Waals surface area contributed by atoms with Crippen LogP contribution < -0.4 is 9.47 Å². The first-order valence-electron chi connectivity index (χ1n) is 6.87. The van der Waals surface area contributed by atoms with Gasteiger partial charge < -0.3 is 18.9 Å². The highest BCUT2D eigenvalue weighted by Gasteiger charge is 2.34. The third kappa shape index (κ3) is 2.40. The highest BCUT2D eigenvalue weighted by molar-refractivity contribution is 5.42. The predicted octanol–water partition coefficient (Wildman–Crippen LogP) is 3.24. The van der Waals surface area contributed by atoms with Crippen molar-refractivity contribution in [1.82, 2.24) is 0 Å². The van der Waals surface area contributed by atoms with Crippen molar-refractivity contribution in [3.8, 4) is 11.5 Å². The zero-order valence-corrected chi connectivity index (χ0v) is 11.3. The number of hydrogen-bond acceptors (Lipinski definition) is 4. The van der Waals surface area contributed by atoms with Gasteiger partial charge in [0.15, 0.2) is 11.5 Å². The minimum Gasteiger partial charge on any atom is -0.458 e. The van der Waals surface area contributed by atoms with Crippen molar-refractivity contribution in [2.45, 2.75) is 19.0 Å². The zero-order valence-electron chi connectivity index (χ0n) is 11.3. The molecule has 2 aliphatic heterocycles. The SMILES string of the molecule is C1=C(C2Oc3ccccc3O2)OC(Cc2ccccc2)O1. The van der Waals surface area contributed by atoms with Crippen LogP contribution in [0.4, 0.5) is 0 Å². The number of para-hydroxylation sites is 2. The molecule has 0 amide bonds. The summed E-state index contributed by atoms with van der Waals surface area (Å²) in [4.78, 5) is 0. The summed E-state index contributed by atoms with van der Waals surface area (Å²) in [5.74, 6) is 2.00. The molecule has 0 radical (unpaired) electrons. The normalized spacial score (nSPS) is 19.8. The maximum atomic E-state index is 5.77. The van der Waals surface area contributed by atoms with Gasteiger partial charge in [0.05, 0.1) is 0 Å². The Morgan fingerprint density at radius 1 is 0.762 bits per heavy atom. The van der Waals surface area contributed by atoms with Gasteiger partial charge in [-0.1, -0.05) is 42.5 Å². The van der Waals surface area contributed by atoms with Crippen molar-refractivity contribution in [2.75, 3.05) is 0 Å². The molecule has 2 heterocycles. The van der Waals surface area contributed by atoms with Crippen LogP contribution in [0.3, 0.4) is 0 Å². The quantitative estimate of drug-likeness (QED) is 0.866. The fraction of sp³-hybridized carbons (Fsp3) is 0.176. The lowest BCUT2D eigenvalue weighted by Gasteiger charge is -2.14. The fourth-order valence-corrected chi connectivity index (χ4v) is 2.37. The third-order valence-corrected chi connectivity index (χ3v) is 3.40. The van der Waals surface area contributed by atoms with Gasteiger partial charge in [-0.3, -0.25) is 0 Å². The van der Waals surface area contributed by atoms with Gasteiger partial charge >= 0.3 is 6.29 Å². The summed E-state index contributed by atoms with van der Waals surface area (Å²) >= 11 is 0. The second-order valence-corrected chi connectivity index (χ2v) is 4.91. The topological polar surface area (TPSA) is 36.9 Å². The van der Waals surface area contributed by atoms with Gasteiger partial charge in [0.1, 0.15) is 6.26 Å².